The summed E-state index contributed by atoms with van der Waals surface area (Å²) in [5, 5.41) is 3.36. The van der Waals surface area contributed by atoms with Crippen LogP contribution in [0.5, 0.6) is 0 Å². The van der Waals surface area contributed by atoms with Crippen LogP contribution in [0.2, 0.25) is 0 Å². The molecule has 0 bridgehead atoms. The van der Waals surface area contributed by atoms with Crippen LogP contribution in [0.1, 0.15) is 21.6 Å². The third-order valence-electron chi connectivity index (χ3n) is 5.35. The number of guanidine groups is 1. The fraction of sp³-hybridized carbons (Fsp3) is 0.130. The molecule has 140 valence electrons. The number of aldehydes is 1. The van der Waals surface area contributed by atoms with Gasteiger partial charge in [0.2, 0.25) is 0 Å². The maximum atomic E-state index is 11.7. The van der Waals surface area contributed by atoms with Crippen molar-refractivity contribution in [2.45, 2.75) is 13.5 Å². The summed E-state index contributed by atoms with van der Waals surface area (Å²) in [6, 6.07) is 18.9. The number of nitrogens with zero attached hydrogens (tertiary/aromatic N) is 2. The second-order valence-electron chi connectivity index (χ2n) is 6.99. The number of carbonyl (C=O) groups is 1. The normalized spacial score (nSPS) is 11.1. The number of nitrogens with two attached hydrogens (primary N) is 2. The molecule has 0 saturated carbocycles. The number of rotatable bonds is 4. The van der Waals surface area contributed by atoms with Gasteiger partial charge in [-0.1, -0.05) is 48.5 Å². The lowest BCUT2D eigenvalue weighted by atomic mass is 9.95. The molecule has 5 heteroatoms. The van der Waals surface area contributed by atoms with Crippen molar-refractivity contribution in [2.24, 2.45) is 23.5 Å². The van der Waals surface area contributed by atoms with Gasteiger partial charge in [0.25, 0.3) is 0 Å². The van der Waals surface area contributed by atoms with Crippen molar-refractivity contribution in [3.63, 3.8) is 0 Å². The topological polar surface area (TPSA) is 86.4 Å². The van der Waals surface area contributed by atoms with E-state index < -0.39 is 0 Å². The lowest BCUT2D eigenvalue weighted by Crippen LogP contribution is -2.23. The van der Waals surface area contributed by atoms with E-state index in [0.717, 1.165) is 28.4 Å². The Morgan fingerprint density at radius 3 is 2.50 bits per heavy atom. The largest absolute Gasteiger partial charge is 0.370 e. The number of benzene rings is 3. The van der Waals surface area contributed by atoms with Gasteiger partial charge in [0.15, 0.2) is 12.2 Å². The van der Waals surface area contributed by atoms with E-state index in [0.29, 0.717) is 5.56 Å². The first-order valence-electron chi connectivity index (χ1n) is 9.12. The molecule has 0 aliphatic carbocycles. The first-order chi connectivity index (χ1) is 13.5. The maximum absolute atomic E-state index is 11.7. The van der Waals surface area contributed by atoms with Gasteiger partial charge in [0.1, 0.15) is 0 Å². The fourth-order valence-corrected chi connectivity index (χ4v) is 3.88. The highest BCUT2D eigenvalue weighted by molar-refractivity contribution is 6.04. The van der Waals surface area contributed by atoms with Crippen molar-refractivity contribution in [2.75, 3.05) is 0 Å². The molecule has 3 aromatic carbocycles. The van der Waals surface area contributed by atoms with Gasteiger partial charge in [-0.25, -0.2) is 4.99 Å². The van der Waals surface area contributed by atoms with Gasteiger partial charge in [0, 0.05) is 23.5 Å². The molecule has 0 amide bonds. The lowest BCUT2D eigenvalue weighted by molar-refractivity contribution is 0.112. The number of aryl methyl sites for hydroxylation is 2. The summed E-state index contributed by atoms with van der Waals surface area (Å²) in [7, 11) is 1.93. The molecule has 0 unspecified atom stereocenters. The smallest absolute Gasteiger partial charge is 0.186 e. The molecular weight excluding hydrogens is 348 g/mol. The van der Waals surface area contributed by atoms with Crippen molar-refractivity contribution < 1.29 is 4.79 Å². The van der Waals surface area contributed by atoms with Crippen molar-refractivity contribution in [3.05, 3.63) is 71.4 Å². The molecule has 0 spiro atoms. The SMILES string of the molecule is Cc1ccc(-c2ccc3c(C=O)c(CN=C(N)N)n(C)c3c2)c2ccccc12. The van der Waals surface area contributed by atoms with Crippen LogP contribution in [0.25, 0.3) is 32.8 Å². The Labute approximate surface area is 163 Å². The number of hydrogen-bond donors (Lipinski definition) is 2. The Morgan fingerprint density at radius 2 is 1.79 bits per heavy atom. The third-order valence-corrected chi connectivity index (χ3v) is 5.35. The molecule has 0 radical (unpaired) electrons. The Hall–Kier alpha value is -3.60. The Morgan fingerprint density at radius 1 is 1.04 bits per heavy atom. The molecule has 0 aliphatic rings. The Kier molecular flexibility index (Phi) is 4.35. The number of hydrogen-bond acceptors (Lipinski definition) is 2. The van der Waals surface area contributed by atoms with Gasteiger partial charge in [-0.2, -0.15) is 0 Å². The molecule has 1 aromatic heterocycles. The summed E-state index contributed by atoms with van der Waals surface area (Å²) in [5.74, 6) is 0.00826. The van der Waals surface area contributed by atoms with Gasteiger partial charge in [0.05, 0.1) is 12.2 Å². The van der Waals surface area contributed by atoms with E-state index >= 15 is 0 Å². The summed E-state index contributed by atoms with van der Waals surface area (Å²) in [4.78, 5) is 15.8. The molecule has 4 aromatic rings. The number of aromatic nitrogens is 1. The molecule has 4 N–H and O–H groups in total. The molecule has 4 rings (SSSR count). The molecule has 0 fully saturated rings. The zero-order valence-corrected chi connectivity index (χ0v) is 15.9. The zero-order valence-electron chi connectivity index (χ0n) is 15.9. The van der Waals surface area contributed by atoms with E-state index in [-0.39, 0.29) is 12.5 Å². The number of fused-ring (bicyclic) bond motifs is 2. The predicted octanol–water partition coefficient (Wildman–Crippen LogP) is 3.89. The maximum Gasteiger partial charge on any atom is 0.186 e. The van der Waals surface area contributed by atoms with Crippen LogP contribution in [-0.4, -0.2) is 16.8 Å². The van der Waals surface area contributed by atoms with Crippen LogP contribution in [-0.2, 0) is 13.6 Å². The molecule has 0 atom stereocenters. The summed E-state index contributed by atoms with van der Waals surface area (Å²) in [6.45, 7) is 2.39. The second kappa shape index (κ2) is 6.85. The number of aliphatic imine (C=N–C) groups is 1. The lowest BCUT2D eigenvalue weighted by Gasteiger charge is -2.10. The van der Waals surface area contributed by atoms with Crippen LogP contribution in [0, 0.1) is 6.92 Å². The van der Waals surface area contributed by atoms with Crippen molar-refractivity contribution >= 4 is 33.9 Å². The first-order valence-corrected chi connectivity index (χ1v) is 9.12. The minimum Gasteiger partial charge on any atom is -0.370 e. The minimum absolute atomic E-state index is 0.00826. The summed E-state index contributed by atoms with van der Waals surface area (Å²) in [6.07, 6.45) is 0.876. The van der Waals surface area contributed by atoms with E-state index in [1.54, 1.807) is 0 Å². The highest BCUT2D eigenvalue weighted by Gasteiger charge is 2.16. The van der Waals surface area contributed by atoms with Gasteiger partial charge >= 0.3 is 0 Å². The van der Waals surface area contributed by atoms with Gasteiger partial charge in [-0.3, -0.25) is 4.79 Å². The summed E-state index contributed by atoms with van der Waals surface area (Å²) in [5.41, 5.74) is 16.9. The zero-order chi connectivity index (χ0) is 19.8. The monoisotopic (exact) mass is 370 g/mol. The Bertz CT molecular complexity index is 1250. The standard InChI is InChI=1S/C23H22N4O/c1-14-7-9-17(18-6-4-3-5-16(14)18)15-8-10-19-20(13-28)22(12-26-23(24)25)27(2)21(19)11-15/h3-11,13H,12H2,1-2H3,(H4,24,25,26). The molecule has 0 saturated heterocycles. The number of carbonyl (C=O) groups excluding carboxylic acids is 1. The van der Waals surface area contributed by atoms with Gasteiger partial charge in [-0.15, -0.1) is 0 Å². The predicted molar refractivity (Wildman–Crippen MR) is 115 cm³/mol. The van der Waals surface area contributed by atoms with Crippen LogP contribution < -0.4 is 11.5 Å². The van der Waals surface area contributed by atoms with Crippen LogP contribution in [0.4, 0.5) is 0 Å². The molecule has 1 heterocycles. The highest BCUT2D eigenvalue weighted by Crippen LogP contribution is 2.34. The second-order valence-corrected chi connectivity index (χ2v) is 6.99. The van der Waals surface area contributed by atoms with E-state index in [2.05, 4.69) is 60.4 Å². The quantitative estimate of drug-likeness (QED) is 0.325. The van der Waals surface area contributed by atoms with Gasteiger partial charge < -0.3 is 16.0 Å². The average molecular weight is 370 g/mol. The molecule has 28 heavy (non-hydrogen) atoms. The van der Waals surface area contributed by atoms with E-state index in [9.17, 15) is 4.79 Å². The van der Waals surface area contributed by atoms with Crippen LogP contribution in [0.3, 0.4) is 0 Å². The van der Waals surface area contributed by atoms with Crippen molar-refractivity contribution in [1.29, 1.82) is 0 Å². The molecular formula is C23H22N4O. The third kappa shape index (κ3) is 2.81. The van der Waals surface area contributed by atoms with E-state index in [1.807, 2.05) is 17.7 Å². The van der Waals surface area contributed by atoms with Crippen molar-refractivity contribution in [1.82, 2.24) is 4.57 Å². The fourth-order valence-electron chi connectivity index (χ4n) is 3.88. The highest BCUT2D eigenvalue weighted by atomic mass is 16.1. The summed E-state index contributed by atoms with van der Waals surface area (Å²) < 4.78 is 1.99. The minimum atomic E-state index is 0.00826. The molecule has 0 aliphatic heterocycles. The van der Waals surface area contributed by atoms with E-state index in [4.69, 9.17) is 11.5 Å². The van der Waals surface area contributed by atoms with Gasteiger partial charge in [-0.05, 0) is 40.5 Å². The molecule has 5 nitrogen and oxygen atoms in total. The summed E-state index contributed by atoms with van der Waals surface area (Å²) >= 11 is 0. The van der Waals surface area contributed by atoms with Crippen LogP contribution >= 0.6 is 0 Å². The van der Waals surface area contributed by atoms with E-state index in [1.165, 1.54) is 21.9 Å². The first kappa shape index (κ1) is 17.8. The average Bonchev–Trinajstić information content (AvgIpc) is 2.97. The van der Waals surface area contributed by atoms with Crippen molar-refractivity contribution in [3.8, 4) is 11.1 Å². The van der Waals surface area contributed by atoms with Crippen LogP contribution in [0.15, 0.2) is 59.6 Å². The Balaban J connectivity index is 1.94.